The summed E-state index contributed by atoms with van der Waals surface area (Å²) in [6, 6.07) is 15.3. The molecule has 0 aliphatic carbocycles. The summed E-state index contributed by atoms with van der Waals surface area (Å²) in [6.45, 7) is 1.92. The van der Waals surface area contributed by atoms with Crippen molar-refractivity contribution in [1.29, 1.82) is 0 Å². The Morgan fingerprint density at radius 1 is 1.04 bits per heavy atom. The first kappa shape index (κ1) is 15.6. The minimum absolute atomic E-state index is 0.315. The van der Waals surface area contributed by atoms with Crippen molar-refractivity contribution in [1.82, 2.24) is 19.6 Å². The third-order valence-electron chi connectivity index (χ3n) is 3.97. The fourth-order valence-corrected chi connectivity index (χ4v) is 2.96. The zero-order chi connectivity index (χ0) is 17.4. The topological polar surface area (TPSA) is 64.4 Å². The molecular formula is C18H16N4O2S. The fraction of sp³-hybridized carbons (Fsp3) is 0.167. The van der Waals surface area contributed by atoms with Crippen LogP contribution in [0.15, 0.2) is 48.5 Å². The van der Waals surface area contributed by atoms with Crippen molar-refractivity contribution < 1.29 is 9.47 Å². The second kappa shape index (κ2) is 6.18. The van der Waals surface area contributed by atoms with Crippen LogP contribution in [0, 0.1) is 4.77 Å². The van der Waals surface area contributed by atoms with Crippen LogP contribution in [0.4, 0.5) is 0 Å². The van der Waals surface area contributed by atoms with Gasteiger partial charge >= 0.3 is 0 Å². The van der Waals surface area contributed by atoms with Crippen molar-refractivity contribution in [2.75, 3.05) is 7.11 Å². The third kappa shape index (κ3) is 2.72. The Morgan fingerprint density at radius 3 is 2.56 bits per heavy atom. The van der Waals surface area contributed by atoms with E-state index in [0.29, 0.717) is 22.1 Å². The van der Waals surface area contributed by atoms with Crippen molar-refractivity contribution in [2.24, 2.45) is 0 Å². The van der Waals surface area contributed by atoms with E-state index < -0.39 is 0 Å². The molecule has 0 saturated carbocycles. The van der Waals surface area contributed by atoms with E-state index in [2.05, 4.69) is 15.1 Å². The highest BCUT2D eigenvalue weighted by Crippen LogP contribution is 2.30. The summed E-state index contributed by atoms with van der Waals surface area (Å²) in [5.41, 5.74) is 1.56. The molecule has 4 rings (SSSR count). The number of hydrogen-bond acceptors (Lipinski definition) is 5. The largest absolute Gasteiger partial charge is 0.493 e. The molecule has 2 aromatic carbocycles. The molecule has 0 fully saturated rings. The number of rotatable bonds is 4. The normalized spacial score (nSPS) is 12.4. The van der Waals surface area contributed by atoms with E-state index >= 15 is 0 Å². The van der Waals surface area contributed by atoms with E-state index in [4.69, 9.17) is 21.7 Å². The molecule has 2 heterocycles. The Balaban J connectivity index is 1.78. The quantitative estimate of drug-likeness (QED) is 0.561. The third-order valence-corrected chi connectivity index (χ3v) is 4.25. The minimum Gasteiger partial charge on any atom is -0.493 e. The zero-order valence-electron chi connectivity index (χ0n) is 13.8. The summed E-state index contributed by atoms with van der Waals surface area (Å²) < 4.78 is 13.5. The van der Waals surface area contributed by atoms with Crippen LogP contribution in [0.5, 0.6) is 11.5 Å². The molecule has 0 aliphatic rings. The first-order chi connectivity index (χ1) is 12.2. The number of hydrogen-bond donors (Lipinski definition) is 1. The van der Waals surface area contributed by atoms with Crippen molar-refractivity contribution in [2.45, 2.75) is 13.0 Å². The number of H-pyrrole nitrogens is 1. The first-order valence-corrected chi connectivity index (χ1v) is 8.25. The molecule has 0 saturated heterocycles. The summed E-state index contributed by atoms with van der Waals surface area (Å²) in [7, 11) is 1.62. The Morgan fingerprint density at radius 2 is 1.76 bits per heavy atom. The highest BCUT2D eigenvalue weighted by atomic mass is 32.1. The second-order valence-electron chi connectivity index (χ2n) is 5.59. The van der Waals surface area contributed by atoms with Crippen LogP contribution in [0.1, 0.15) is 18.9 Å². The van der Waals surface area contributed by atoms with E-state index in [0.717, 1.165) is 16.6 Å². The number of methoxy groups -OCH3 is 1. The smallest absolute Gasteiger partial charge is 0.221 e. The van der Waals surface area contributed by atoms with Gasteiger partial charge in [-0.2, -0.15) is 0 Å². The van der Waals surface area contributed by atoms with E-state index in [1.54, 1.807) is 11.6 Å². The molecule has 126 valence electrons. The molecule has 0 bridgehead atoms. The number of aromatic amines is 1. The van der Waals surface area contributed by atoms with Gasteiger partial charge in [0, 0.05) is 5.39 Å². The molecule has 0 amide bonds. The molecule has 2 aromatic heterocycles. The number of benzene rings is 2. The summed E-state index contributed by atoms with van der Waals surface area (Å²) in [5, 5.41) is 4.12. The van der Waals surface area contributed by atoms with Gasteiger partial charge in [0.15, 0.2) is 29.1 Å². The van der Waals surface area contributed by atoms with E-state index in [9.17, 15) is 0 Å². The van der Waals surface area contributed by atoms with Crippen molar-refractivity contribution in [3.63, 3.8) is 0 Å². The van der Waals surface area contributed by atoms with Gasteiger partial charge in [-0.15, -0.1) is 0 Å². The summed E-state index contributed by atoms with van der Waals surface area (Å²) in [4.78, 5) is 9.12. The molecule has 6 nitrogen and oxygen atoms in total. The average molecular weight is 352 g/mol. The Hall–Kier alpha value is -2.93. The van der Waals surface area contributed by atoms with Crippen molar-refractivity contribution in [3.8, 4) is 11.5 Å². The lowest BCUT2D eigenvalue weighted by Crippen LogP contribution is -2.06. The van der Waals surface area contributed by atoms with Crippen molar-refractivity contribution >= 4 is 28.8 Å². The van der Waals surface area contributed by atoms with Gasteiger partial charge in [-0.05, 0) is 43.4 Å². The Kier molecular flexibility index (Phi) is 3.85. The van der Waals surface area contributed by atoms with Gasteiger partial charge in [0.1, 0.15) is 0 Å². The van der Waals surface area contributed by atoms with Gasteiger partial charge in [-0.1, -0.05) is 24.3 Å². The number of fused-ring (bicyclic) bond motifs is 3. The van der Waals surface area contributed by atoms with Gasteiger partial charge in [0.05, 0.1) is 12.6 Å². The number of aromatic nitrogens is 4. The zero-order valence-corrected chi connectivity index (χ0v) is 14.6. The monoisotopic (exact) mass is 352 g/mol. The summed E-state index contributed by atoms with van der Waals surface area (Å²) in [5.74, 6) is 1.99. The molecule has 1 unspecified atom stereocenters. The average Bonchev–Trinajstić information content (AvgIpc) is 3.09. The number of nitrogens with one attached hydrogen (secondary N) is 1. The molecule has 25 heavy (non-hydrogen) atoms. The van der Waals surface area contributed by atoms with Gasteiger partial charge < -0.3 is 9.47 Å². The maximum absolute atomic E-state index is 6.02. The predicted molar refractivity (Wildman–Crippen MR) is 97.7 cm³/mol. The molecule has 7 heteroatoms. The summed E-state index contributed by atoms with van der Waals surface area (Å²) in [6.07, 6.45) is -0.315. The maximum Gasteiger partial charge on any atom is 0.221 e. The van der Waals surface area contributed by atoms with Gasteiger partial charge in [0.2, 0.25) is 4.77 Å². The first-order valence-electron chi connectivity index (χ1n) is 7.84. The van der Waals surface area contributed by atoms with Gasteiger partial charge in [-0.25, -0.2) is 14.5 Å². The maximum atomic E-state index is 6.02. The van der Waals surface area contributed by atoms with Gasteiger partial charge in [0.25, 0.3) is 0 Å². The molecule has 0 aliphatic heterocycles. The number of nitrogens with zero attached hydrogens (tertiary/aromatic N) is 3. The van der Waals surface area contributed by atoms with Crippen LogP contribution >= 0.6 is 12.2 Å². The predicted octanol–water partition coefficient (Wildman–Crippen LogP) is 4.09. The lowest BCUT2D eigenvalue weighted by atomic mass is 10.2. The molecule has 1 atom stereocenters. The van der Waals surface area contributed by atoms with Crippen LogP contribution in [-0.2, 0) is 0 Å². The SMILES string of the molecule is COc1ccccc1OC(C)c1nc2c3ccccc3nc(=S)n2[nH]1. The number of para-hydroxylation sites is 3. The second-order valence-corrected chi connectivity index (χ2v) is 5.96. The van der Waals surface area contributed by atoms with Crippen LogP contribution in [0.3, 0.4) is 0 Å². The van der Waals surface area contributed by atoms with E-state index in [1.165, 1.54) is 0 Å². The standard InChI is InChI=1S/C18H16N4O2S/c1-11(24-15-10-6-5-9-14(15)23-2)16-20-17-12-7-3-4-8-13(12)19-18(25)22(17)21-16/h3-11H,1-2H3,(H,20,21). The lowest BCUT2D eigenvalue weighted by molar-refractivity contribution is 0.206. The highest BCUT2D eigenvalue weighted by Gasteiger charge is 2.16. The van der Waals surface area contributed by atoms with Crippen LogP contribution in [0.2, 0.25) is 0 Å². The fourth-order valence-electron chi connectivity index (χ4n) is 2.73. The summed E-state index contributed by atoms with van der Waals surface area (Å²) >= 11 is 5.37. The molecule has 0 spiro atoms. The Labute approximate surface area is 149 Å². The molecular weight excluding hydrogens is 336 g/mol. The van der Waals surface area contributed by atoms with E-state index in [1.807, 2.05) is 55.5 Å². The van der Waals surface area contributed by atoms with Gasteiger partial charge in [-0.3, -0.25) is 5.10 Å². The minimum atomic E-state index is -0.315. The molecule has 1 N–H and O–H groups in total. The lowest BCUT2D eigenvalue weighted by Gasteiger charge is -2.14. The highest BCUT2D eigenvalue weighted by molar-refractivity contribution is 7.71. The van der Waals surface area contributed by atoms with Crippen LogP contribution in [-0.4, -0.2) is 26.7 Å². The Bertz CT molecular complexity index is 1120. The van der Waals surface area contributed by atoms with Crippen LogP contribution in [0.25, 0.3) is 16.6 Å². The van der Waals surface area contributed by atoms with E-state index in [-0.39, 0.29) is 6.10 Å². The molecule has 4 aromatic rings. The molecule has 0 radical (unpaired) electrons. The van der Waals surface area contributed by atoms with Crippen LogP contribution < -0.4 is 9.47 Å². The number of ether oxygens (including phenoxy) is 2. The van der Waals surface area contributed by atoms with Crippen molar-refractivity contribution in [3.05, 3.63) is 59.1 Å².